The summed E-state index contributed by atoms with van der Waals surface area (Å²) in [5, 5.41) is 10.5. The average molecular weight is 588 g/mol. The maximum Gasteiger partial charge on any atom is 0.272 e. The summed E-state index contributed by atoms with van der Waals surface area (Å²) in [5.41, 5.74) is 2.50. The number of ether oxygens (including phenoxy) is 1. The Bertz CT molecular complexity index is 1800. The monoisotopic (exact) mass is 587 g/mol. The highest BCUT2D eigenvalue weighted by molar-refractivity contribution is 8.00. The number of nitrogens with one attached hydrogen (secondary N) is 3. The molecule has 0 saturated carbocycles. The second-order valence-electron chi connectivity index (χ2n) is 9.50. The number of anilines is 2. The van der Waals surface area contributed by atoms with E-state index in [4.69, 9.17) is 4.74 Å². The van der Waals surface area contributed by atoms with E-state index >= 15 is 0 Å². The van der Waals surface area contributed by atoms with Crippen molar-refractivity contribution in [1.82, 2.24) is 5.32 Å². The standard InChI is InChI=1S/C35H29N3O4S/c1-42-29-17-8-15-27(21-29)36-33(39)23-43-30-18-9-16-28(22-30)37-35(41)32(38-34(40)25-11-3-2-4-12-25)20-26-14-7-13-24-10-5-6-19-31(24)26/h2-22H,23H2,1H3,(H,36,39)(H,37,41)(H,38,40)/b32-20+. The molecule has 0 radical (unpaired) electrons. The SMILES string of the molecule is COc1cccc(NC(=O)CSc2cccc(NC(=O)/C(=C\c3cccc4ccccc34)NC(=O)c3ccccc3)c2)c1. The molecule has 0 aromatic heterocycles. The Balaban J connectivity index is 1.32. The first-order chi connectivity index (χ1) is 21.0. The van der Waals surface area contributed by atoms with Crippen LogP contribution in [0.2, 0.25) is 0 Å². The van der Waals surface area contributed by atoms with E-state index in [1.807, 2.05) is 54.6 Å². The van der Waals surface area contributed by atoms with Crippen LogP contribution in [0.3, 0.4) is 0 Å². The van der Waals surface area contributed by atoms with E-state index in [0.717, 1.165) is 21.2 Å². The molecule has 0 aliphatic carbocycles. The molecule has 7 nitrogen and oxygen atoms in total. The van der Waals surface area contributed by atoms with E-state index in [9.17, 15) is 14.4 Å². The first-order valence-electron chi connectivity index (χ1n) is 13.5. The van der Waals surface area contributed by atoms with E-state index in [1.54, 1.807) is 79.9 Å². The number of carbonyl (C=O) groups is 3. The Labute approximate surface area is 254 Å². The number of rotatable bonds is 10. The summed E-state index contributed by atoms with van der Waals surface area (Å²) in [6.07, 6.45) is 1.68. The Kier molecular flexibility index (Phi) is 9.51. The maximum atomic E-state index is 13.6. The van der Waals surface area contributed by atoms with Crippen molar-refractivity contribution in [2.24, 2.45) is 0 Å². The lowest BCUT2D eigenvalue weighted by molar-refractivity contribution is -0.114. The lowest BCUT2D eigenvalue weighted by atomic mass is 10.0. The molecule has 0 aliphatic rings. The van der Waals surface area contributed by atoms with Gasteiger partial charge < -0.3 is 20.7 Å². The van der Waals surface area contributed by atoms with Gasteiger partial charge in [0.15, 0.2) is 0 Å². The van der Waals surface area contributed by atoms with Crippen LogP contribution < -0.4 is 20.7 Å². The van der Waals surface area contributed by atoms with Crippen LogP contribution in [0, 0.1) is 0 Å². The zero-order chi connectivity index (χ0) is 30.0. The van der Waals surface area contributed by atoms with E-state index in [0.29, 0.717) is 22.7 Å². The van der Waals surface area contributed by atoms with Gasteiger partial charge in [0.05, 0.1) is 12.9 Å². The molecule has 5 rings (SSSR count). The minimum absolute atomic E-state index is 0.0981. The van der Waals surface area contributed by atoms with Crippen LogP contribution in [0.5, 0.6) is 5.75 Å². The number of amides is 3. The molecule has 0 fully saturated rings. The van der Waals surface area contributed by atoms with Gasteiger partial charge in [0.1, 0.15) is 11.4 Å². The summed E-state index contributed by atoms with van der Waals surface area (Å²) in [4.78, 5) is 40.0. The molecular formula is C35H29N3O4S. The molecule has 5 aromatic rings. The summed E-state index contributed by atoms with van der Waals surface area (Å²) in [7, 11) is 1.57. The van der Waals surface area contributed by atoms with Crippen molar-refractivity contribution in [2.45, 2.75) is 4.90 Å². The topological polar surface area (TPSA) is 96.5 Å². The zero-order valence-electron chi connectivity index (χ0n) is 23.4. The van der Waals surface area contributed by atoms with Gasteiger partial charge >= 0.3 is 0 Å². The molecule has 0 spiro atoms. The van der Waals surface area contributed by atoms with Crippen molar-refractivity contribution in [3.05, 3.63) is 138 Å². The van der Waals surface area contributed by atoms with E-state index in [1.165, 1.54) is 11.8 Å². The third-order valence-corrected chi connectivity index (χ3v) is 7.46. The van der Waals surface area contributed by atoms with Crippen LogP contribution in [0.1, 0.15) is 15.9 Å². The van der Waals surface area contributed by atoms with Gasteiger partial charge in [-0.1, -0.05) is 72.8 Å². The molecule has 5 aromatic carbocycles. The molecule has 8 heteroatoms. The number of methoxy groups -OCH3 is 1. The average Bonchev–Trinajstić information content (AvgIpc) is 3.04. The molecule has 0 atom stereocenters. The summed E-state index contributed by atoms with van der Waals surface area (Å²) in [5.74, 6) is -0.211. The fraction of sp³-hybridized carbons (Fsp3) is 0.0571. The molecule has 43 heavy (non-hydrogen) atoms. The second-order valence-corrected chi connectivity index (χ2v) is 10.5. The predicted molar refractivity (Wildman–Crippen MR) is 173 cm³/mol. The summed E-state index contributed by atoms with van der Waals surface area (Å²) in [6.45, 7) is 0. The minimum Gasteiger partial charge on any atom is -0.497 e. The Hall–Kier alpha value is -5.34. The molecule has 0 unspecified atom stereocenters. The Morgan fingerprint density at radius 1 is 0.744 bits per heavy atom. The van der Waals surface area contributed by atoms with Gasteiger partial charge in [-0.25, -0.2) is 0 Å². The number of benzene rings is 5. The van der Waals surface area contributed by atoms with Crippen molar-refractivity contribution in [3.8, 4) is 5.75 Å². The highest BCUT2D eigenvalue weighted by atomic mass is 32.2. The number of carbonyl (C=O) groups excluding carboxylic acids is 3. The number of thioether (sulfide) groups is 1. The fourth-order valence-electron chi connectivity index (χ4n) is 4.38. The van der Waals surface area contributed by atoms with Crippen molar-refractivity contribution in [1.29, 1.82) is 0 Å². The van der Waals surface area contributed by atoms with Crippen LogP contribution in [-0.4, -0.2) is 30.6 Å². The third-order valence-electron chi connectivity index (χ3n) is 6.47. The largest absolute Gasteiger partial charge is 0.497 e. The van der Waals surface area contributed by atoms with E-state index in [2.05, 4.69) is 16.0 Å². The van der Waals surface area contributed by atoms with E-state index < -0.39 is 11.8 Å². The quantitative estimate of drug-likeness (QED) is 0.121. The first kappa shape index (κ1) is 29.2. The van der Waals surface area contributed by atoms with Crippen molar-refractivity contribution < 1.29 is 19.1 Å². The summed E-state index contributed by atoms with van der Waals surface area (Å²) < 4.78 is 5.20. The normalized spacial score (nSPS) is 11.0. The Morgan fingerprint density at radius 3 is 2.26 bits per heavy atom. The summed E-state index contributed by atoms with van der Waals surface area (Å²) in [6, 6.07) is 36.8. The smallest absolute Gasteiger partial charge is 0.272 e. The van der Waals surface area contributed by atoms with Gasteiger partial charge in [-0.3, -0.25) is 14.4 Å². The minimum atomic E-state index is -0.477. The first-order valence-corrected chi connectivity index (χ1v) is 14.5. The van der Waals surface area contributed by atoms with Gasteiger partial charge in [0, 0.05) is 27.9 Å². The molecule has 3 N–H and O–H groups in total. The van der Waals surface area contributed by atoms with E-state index in [-0.39, 0.29) is 17.4 Å². The fourth-order valence-corrected chi connectivity index (χ4v) is 5.14. The molecule has 3 amide bonds. The van der Waals surface area contributed by atoms with Gasteiger partial charge in [-0.2, -0.15) is 0 Å². The van der Waals surface area contributed by atoms with Gasteiger partial charge in [0.25, 0.3) is 11.8 Å². The van der Waals surface area contributed by atoms with Gasteiger partial charge in [-0.05, 0) is 64.9 Å². The predicted octanol–water partition coefficient (Wildman–Crippen LogP) is 6.99. The zero-order valence-corrected chi connectivity index (χ0v) is 24.2. The highest BCUT2D eigenvalue weighted by Crippen LogP contribution is 2.24. The van der Waals surface area contributed by atoms with Gasteiger partial charge in [0.2, 0.25) is 5.91 Å². The lowest BCUT2D eigenvalue weighted by Gasteiger charge is -2.13. The van der Waals surface area contributed by atoms with Crippen LogP contribution in [-0.2, 0) is 9.59 Å². The maximum absolute atomic E-state index is 13.6. The van der Waals surface area contributed by atoms with Crippen molar-refractivity contribution >= 4 is 57.7 Å². The van der Waals surface area contributed by atoms with Crippen LogP contribution >= 0.6 is 11.8 Å². The van der Waals surface area contributed by atoms with Crippen LogP contribution in [0.15, 0.2) is 132 Å². The van der Waals surface area contributed by atoms with Crippen LogP contribution in [0.4, 0.5) is 11.4 Å². The third kappa shape index (κ3) is 7.90. The van der Waals surface area contributed by atoms with Crippen molar-refractivity contribution in [2.75, 3.05) is 23.5 Å². The Morgan fingerprint density at radius 2 is 1.44 bits per heavy atom. The van der Waals surface area contributed by atoms with Crippen LogP contribution in [0.25, 0.3) is 16.8 Å². The molecule has 0 saturated heterocycles. The van der Waals surface area contributed by atoms with Gasteiger partial charge in [-0.15, -0.1) is 11.8 Å². The molecule has 214 valence electrons. The molecule has 0 heterocycles. The molecule has 0 aliphatic heterocycles. The molecular weight excluding hydrogens is 558 g/mol. The highest BCUT2D eigenvalue weighted by Gasteiger charge is 2.16. The number of hydrogen-bond donors (Lipinski definition) is 3. The number of hydrogen-bond acceptors (Lipinski definition) is 5. The molecule has 0 bridgehead atoms. The second kappa shape index (κ2) is 14.0. The number of fused-ring (bicyclic) bond motifs is 1. The summed E-state index contributed by atoms with van der Waals surface area (Å²) >= 11 is 1.34. The lowest BCUT2D eigenvalue weighted by Crippen LogP contribution is -2.30. The van der Waals surface area contributed by atoms with Crippen molar-refractivity contribution in [3.63, 3.8) is 0 Å².